The van der Waals surface area contributed by atoms with Crippen LogP contribution < -0.4 is 0 Å². The molecule has 0 radical (unpaired) electrons. The number of nitro groups is 1. The molecule has 0 aromatic rings. The van der Waals surface area contributed by atoms with Crippen molar-refractivity contribution in [3.63, 3.8) is 0 Å². The minimum Gasteiger partial charge on any atom is -0.466 e. The van der Waals surface area contributed by atoms with E-state index in [9.17, 15) is 19.7 Å². The van der Waals surface area contributed by atoms with Crippen LogP contribution in [0.1, 0.15) is 59.8 Å². The molecule has 1 unspecified atom stereocenters. The van der Waals surface area contributed by atoms with Gasteiger partial charge in [-0.3, -0.25) is 19.7 Å². The van der Waals surface area contributed by atoms with Gasteiger partial charge in [0.25, 0.3) is 0 Å². The number of hydrogen-bond donors (Lipinski definition) is 0. The Morgan fingerprint density at radius 2 is 1.73 bits per heavy atom. The fraction of sp³-hybridized carbons (Fsp3) is 0.867. The van der Waals surface area contributed by atoms with Crippen molar-refractivity contribution in [3.05, 3.63) is 10.1 Å². The lowest BCUT2D eigenvalue weighted by atomic mass is 9.87. The van der Waals surface area contributed by atoms with E-state index in [2.05, 4.69) is 0 Å². The summed E-state index contributed by atoms with van der Waals surface area (Å²) in [5.74, 6) is -1.20. The SMILES string of the molecule is CCOC(=O)CCCCC(CC(C)(C)[N+](=O)[O-])C(=O)OCC. The van der Waals surface area contributed by atoms with Gasteiger partial charge in [-0.25, -0.2) is 0 Å². The quantitative estimate of drug-likeness (QED) is 0.252. The predicted octanol–water partition coefficient (Wildman–Crippen LogP) is 2.73. The number of carbonyl (C=O) groups is 2. The summed E-state index contributed by atoms with van der Waals surface area (Å²) in [7, 11) is 0. The molecule has 0 aliphatic rings. The largest absolute Gasteiger partial charge is 0.466 e. The standard InChI is InChI=1S/C15H27NO6/c1-5-21-13(17)10-8-7-9-12(14(18)22-6-2)11-15(3,4)16(19)20/h12H,5-11H2,1-4H3. The molecule has 7 heteroatoms. The molecular weight excluding hydrogens is 290 g/mol. The second-order valence-corrected chi connectivity index (χ2v) is 5.77. The molecule has 0 rings (SSSR count). The number of unbranched alkanes of at least 4 members (excludes halogenated alkanes) is 1. The molecule has 0 saturated carbocycles. The van der Waals surface area contributed by atoms with E-state index in [0.717, 1.165) is 0 Å². The molecule has 0 aliphatic heterocycles. The number of hydrogen-bond acceptors (Lipinski definition) is 6. The number of rotatable bonds is 11. The zero-order chi connectivity index (χ0) is 17.2. The Balaban J connectivity index is 4.46. The van der Waals surface area contributed by atoms with Crippen LogP contribution >= 0.6 is 0 Å². The van der Waals surface area contributed by atoms with E-state index in [0.29, 0.717) is 32.3 Å². The van der Waals surface area contributed by atoms with Gasteiger partial charge in [-0.1, -0.05) is 6.42 Å². The van der Waals surface area contributed by atoms with Crippen molar-refractivity contribution in [1.29, 1.82) is 0 Å². The highest BCUT2D eigenvalue weighted by atomic mass is 16.6. The zero-order valence-electron chi connectivity index (χ0n) is 13.9. The lowest BCUT2D eigenvalue weighted by Gasteiger charge is -2.22. The van der Waals surface area contributed by atoms with Gasteiger partial charge in [-0.15, -0.1) is 0 Å². The fourth-order valence-corrected chi connectivity index (χ4v) is 2.13. The van der Waals surface area contributed by atoms with Crippen molar-refractivity contribution in [2.45, 2.75) is 65.3 Å². The third kappa shape index (κ3) is 7.95. The molecule has 0 fully saturated rings. The predicted molar refractivity (Wildman–Crippen MR) is 80.9 cm³/mol. The second kappa shape index (κ2) is 10.1. The minimum atomic E-state index is -1.18. The molecule has 0 heterocycles. The molecule has 0 aromatic carbocycles. The molecule has 0 aliphatic carbocycles. The first kappa shape index (κ1) is 20.3. The summed E-state index contributed by atoms with van der Waals surface area (Å²) in [6, 6.07) is 0. The number of ether oxygens (including phenoxy) is 2. The Morgan fingerprint density at radius 1 is 1.14 bits per heavy atom. The summed E-state index contributed by atoms with van der Waals surface area (Å²) in [6.45, 7) is 7.04. The van der Waals surface area contributed by atoms with Crippen molar-refractivity contribution in [2.24, 2.45) is 5.92 Å². The van der Waals surface area contributed by atoms with Crippen LogP contribution in [0.15, 0.2) is 0 Å². The Hall–Kier alpha value is -1.66. The fourth-order valence-electron chi connectivity index (χ4n) is 2.13. The van der Waals surface area contributed by atoms with Gasteiger partial charge in [0.1, 0.15) is 0 Å². The first-order valence-electron chi connectivity index (χ1n) is 7.71. The maximum Gasteiger partial charge on any atom is 0.309 e. The molecule has 0 aromatic heterocycles. The van der Waals surface area contributed by atoms with E-state index in [4.69, 9.17) is 9.47 Å². The van der Waals surface area contributed by atoms with Crippen LogP contribution in [0.5, 0.6) is 0 Å². The summed E-state index contributed by atoms with van der Waals surface area (Å²) in [5, 5.41) is 11.0. The van der Waals surface area contributed by atoms with Crippen LogP contribution in [0, 0.1) is 16.0 Å². The lowest BCUT2D eigenvalue weighted by Crippen LogP contribution is -2.36. The lowest BCUT2D eigenvalue weighted by molar-refractivity contribution is -0.562. The van der Waals surface area contributed by atoms with Crippen LogP contribution in [-0.4, -0.2) is 35.6 Å². The smallest absolute Gasteiger partial charge is 0.309 e. The van der Waals surface area contributed by atoms with Crippen LogP contribution in [0.25, 0.3) is 0 Å². The zero-order valence-corrected chi connectivity index (χ0v) is 13.9. The Bertz CT molecular complexity index is 380. The normalized spacial score (nSPS) is 12.5. The van der Waals surface area contributed by atoms with Crippen molar-refractivity contribution < 1.29 is 24.0 Å². The second-order valence-electron chi connectivity index (χ2n) is 5.77. The summed E-state index contributed by atoms with van der Waals surface area (Å²) < 4.78 is 9.82. The number of nitrogens with zero attached hydrogens (tertiary/aromatic N) is 1. The Labute approximate surface area is 131 Å². The topological polar surface area (TPSA) is 95.7 Å². The molecule has 128 valence electrons. The van der Waals surface area contributed by atoms with Crippen molar-refractivity contribution in [2.75, 3.05) is 13.2 Å². The van der Waals surface area contributed by atoms with Gasteiger partial charge >= 0.3 is 11.9 Å². The van der Waals surface area contributed by atoms with Gasteiger partial charge < -0.3 is 9.47 Å². The summed E-state index contributed by atoms with van der Waals surface area (Å²) in [5.41, 5.74) is -1.18. The van der Waals surface area contributed by atoms with Crippen LogP contribution in [0.4, 0.5) is 0 Å². The van der Waals surface area contributed by atoms with E-state index < -0.39 is 17.4 Å². The molecule has 0 N–H and O–H groups in total. The van der Waals surface area contributed by atoms with Crippen LogP contribution in [0.2, 0.25) is 0 Å². The summed E-state index contributed by atoms with van der Waals surface area (Å²) in [4.78, 5) is 33.8. The van der Waals surface area contributed by atoms with E-state index in [1.807, 2.05) is 0 Å². The molecule has 0 saturated heterocycles. The summed E-state index contributed by atoms with van der Waals surface area (Å²) >= 11 is 0. The molecule has 0 bridgehead atoms. The molecular formula is C15H27NO6. The number of carbonyl (C=O) groups excluding carboxylic acids is 2. The van der Waals surface area contributed by atoms with E-state index in [1.165, 1.54) is 13.8 Å². The average Bonchev–Trinajstić information content (AvgIpc) is 2.42. The highest BCUT2D eigenvalue weighted by Crippen LogP contribution is 2.25. The van der Waals surface area contributed by atoms with Crippen molar-refractivity contribution >= 4 is 11.9 Å². The highest BCUT2D eigenvalue weighted by molar-refractivity contribution is 5.72. The molecule has 1 atom stereocenters. The Kier molecular flexibility index (Phi) is 9.37. The van der Waals surface area contributed by atoms with Gasteiger partial charge in [0.15, 0.2) is 0 Å². The minimum absolute atomic E-state index is 0.123. The number of esters is 2. The van der Waals surface area contributed by atoms with E-state index in [-0.39, 0.29) is 23.9 Å². The van der Waals surface area contributed by atoms with Crippen molar-refractivity contribution in [3.8, 4) is 0 Å². The molecule has 7 nitrogen and oxygen atoms in total. The summed E-state index contributed by atoms with van der Waals surface area (Å²) in [6.07, 6.45) is 2.10. The van der Waals surface area contributed by atoms with E-state index >= 15 is 0 Å². The first-order chi connectivity index (χ1) is 10.2. The highest BCUT2D eigenvalue weighted by Gasteiger charge is 2.37. The van der Waals surface area contributed by atoms with E-state index in [1.54, 1.807) is 13.8 Å². The first-order valence-corrected chi connectivity index (χ1v) is 7.71. The van der Waals surface area contributed by atoms with Gasteiger partial charge in [0.2, 0.25) is 5.54 Å². The Morgan fingerprint density at radius 3 is 2.23 bits per heavy atom. The van der Waals surface area contributed by atoms with Gasteiger partial charge in [0, 0.05) is 31.6 Å². The molecule has 22 heavy (non-hydrogen) atoms. The maximum atomic E-state index is 11.9. The van der Waals surface area contributed by atoms with Gasteiger partial charge in [-0.2, -0.15) is 0 Å². The third-order valence-electron chi connectivity index (χ3n) is 3.35. The van der Waals surface area contributed by atoms with Crippen molar-refractivity contribution in [1.82, 2.24) is 0 Å². The van der Waals surface area contributed by atoms with Gasteiger partial charge in [0.05, 0.1) is 19.1 Å². The monoisotopic (exact) mass is 317 g/mol. The maximum absolute atomic E-state index is 11.9. The van der Waals surface area contributed by atoms with Crippen LogP contribution in [-0.2, 0) is 19.1 Å². The third-order valence-corrected chi connectivity index (χ3v) is 3.35. The molecule has 0 spiro atoms. The average molecular weight is 317 g/mol. The van der Waals surface area contributed by atoms with Gasteiger partial charge in [-0.05, 0) is 26.7 Å². The molecule has 0 amide bonds. The van der Waals surface area contributed by atoms with Crippen LogP contribution in [0.3, 0.4) is 0 Å².